The van der Waals surface area contributed by atoms with Crippen LogP contribution in [-0.4, -0.2) is 25.7 Å². The summed E-state index contributed by atoms with van der Waals surface area (Å²) in [5, 5.41) is 14.2. The molecule has 20 heavy (non-hydrogen) atoms. The largest absolute Gasteiger partial charge is 0.445 e. The number of ether oxygens (including phenoxy) is 1. The molecule has 5 heteroatoms. The molecule has 0 spiro atoms. The van der Waals surface area contributed by atoms with Crippen LogP contribution in [0.15, 0.2) is 30.3 Å². The number of amides is 1. The summed E-state index contributed by atoms with van der Waals surface area (Å²) in [4.78, 5) is 11.4. The van der Waals surface area contributed by atoms with Crippen molar-refractivity contribution in [3.05, 3.63) is 35.9 Å². The van der Waals surface area contributed by atoms with Crippen molar-refractivity contribution in [2.75, 3.05) is 19.6 Å². The number of hydrogen-bond donors (Lipinski definition) is 2. The molecule has 0 unspecified atom stereocenters. The Balaban J connectivity index is 1.94. The number of nitrogens with zero attached hydrogens (tertiary/aromatic N) is 1. The zero-order valence-corrected chi connectivity index (χ0v) is 11.6. The lowest BCUT2D eigenvalue weighted by Crippen LogP contribution is -2.26. The van der Waals surface area contributed by atoms with Gasteiger partial charge in [0.05, 0.1) is 6.07 Å². The first-order valence-electron chi connectivity index (χ1n) is 6.85. The van der Waals surface area contributed by atoms with Gasteiger partial charge in [0, 0.05) is 19.5 Å². The molecule has 0 aliphatic heterocycles. The van der Waals surface area contributed by atoms with Gasteiger partial charge in [0.25, 0.3) is 0 Å². The molecule has 108 valence electrons. The number of alkyl carbamates (subject to hydrolysis) is 1. The quantitative estimate of drug-likeness (QED) is 0.677. The molecular weight excluding hydrogens is 254 g/mol. The number of carbonyl (C=O) groups is 1. The van der Waals surface area contributed by atoms with Gasteiger partial charge in [-0.2, -0.15) is 5.26 Å². The summed E-state index contributed by atoms with van der Waals surface area (Å²) in [5.74, 6) is 0. The SMILES string of the molecule is N#CCCNCCCCNC(=O)OCc1ccccc1. The summed E-state index contributed by atoms with van der Waals surface area (Å²) in [7, 11) is 0. The second-order valence-corrected chi connectivity index (χ2v) is 4.35. The first-order valence-corrected chi connectivity index (χ1v) is 6.85. The van der Waals surface area contributed by atoms with E-state index in [-0.39, 0.29) is 6.09 Å². The maximum absolute atomic E-state index is 11.4. The molecule has 0 aliphatic carbocycles. The van der Waals surface area contributed by atoms with Crippen LogP contribution in [0.3, 0.4) is 0 Å². The number of nitrogens with one attached hydrogen (secondary N) is 2. The standard InChI is InChI=1S/C15H21N3O2/c16-9-6-11-17-10-4-5-12-18-15(19)20-13-14-7-2-1-3-8-14/h1-3,7-8,17H,4-6,10-13H2,(H,18,19). The summed E-state index contributed by atoms with van der Waals surface area (Å²) in [5.41, 5.74) is 0.976. The number of nitriles is 1. The molecule has 2 N–H and O–H groups in total. The van der Waals surface area contributed by atoms with Crippen molar-refractivity contribution in [2.45, 2.75) is 25.9 Å². The third-order valence-corrected chi connectivity index (χ3v) is 2.68. The minimum Gasteiger partial charge on any atom is -0.445 e. The Bertz CT molecular complexity index is 415. The van der Waals surface area contributed by atoms with Gasteiger partial charge in [-0.1, -0.05) is 30.3 Å². The molecule has 5 nitrogen and oxygen atoms in total. The van der Waals surface area contributed by atoms with E-state index in [4.69, 9.17) is 10.00 Å². The van der Waals surface area contributed by atoms with Gasteiger partial charge in [0.1, 0.15) is 6.61 Å². The fourth-order valence-electron chi connectivity index (χ4n) is 1.61. The van der Waals surface area contributed by atoms with Crippen LogP contribution in [0.25, 0.3) is 0 Å². The molecular formula is C15H21N3O2. The summed E-state index contributed by atoms with van der Waals surface area (Å²) in [6.07, 6.45) is 2.00. The highest BCUT2D eigenvalue weighted by atomic mass is 16.5. The van der Waals surface area contributed by atoms with Gasteiger partial charge in [-0.3, -0.25) is 0 Å². The number of rotatable bonds is 9. The first kappa shape index (κ1) is 16.0. The van der Waals surface area contributed by atoms with E-state index < -0.39 is 0 Å². The van der Waals surface area contributed by atoms with E-state index in [1.165, 1.54) is 0 Å². The summed E-state index contributed by atoms with van der Waals surface area (Å²) in [6, 6.07) is 11.7. The predicted octanol–water partition coefficient (Wildman–Crippen LogP) is 2.20. The maximum atomic E-state index is 11.4. The molecule has 0 aromatic heterocycles. The Hall–Kier alpha value is -2.06. The topological polar surface area (TPSA) is 74.2 Å². The van der Waals surface area contributed by atoms with E-state index in [2.05, 4.69) is 16.7 Å². The average molecular weight is 275 g/mol. The molecule has 1 aromatic rings. The van der Waals surface area contributed by atoms with Crippen LogP contribution >= 0.6 is 0 Å². The van der Waals surface area contributed by atoms with Gasteiger partial charge in [-0.15, -0.1) is 0 Å². The second kappa shape index (κ2) is 10.8. The van der Waals surface area contributed by atoms with Crippen molar-refractivity contribution in [3.8, 4) is 6.07 Å². The molecule has 0 aliphatic rings. The summed E-state index contributed by atoms with van der Waals surface area (Å²) in [6.45, 7) is 2.49. The second-order valence-electron chi connectivity index (χ2n) is 4.35. The van der Waals surface area contributed by atoms with E-state index in [0.29, 0.717) is 19.6 Å². The van der Waals surface area contributed by atoms with E-state index in [1.807, 2.05) is 30.3 Å². The van der Waals surface area contributed by atoms with Crippen molar-refractivity contribution in [1.29, 1.82) is 5.26 Å². The third kappa shape index (κ3) is 8.11. The van der Waals surface area contributed by atoms with E-state index in [9.17, 15) is 4.79 Å². The lowest BCUT2D eigenvalue weighted by atomic mass is 10.2. The highest BCUT2D eigenvalue weighted by molar-refractivity contribution is 5.67. The molecule has 0 heterocycles. The molecule has 0 saturated heterocycles. The van der Waals surface area contributed by atoms with Crippen LogP contribution in [0.1, 0.15) is 24.8 Å². The Labute approximate surface area is 119 Å². The number of hydrogen-bond acceptors (Lipinski definition) is 4. The van der Waals surface area contributed by atoms with Crippen molar-refractivity contribution in [3.63, 3.8) is 0 Å². The van der Waals surface area contributed by atoms with Crippen molar-refractivity contribution < 1.29 is 9.53 Å². The minimum atomic E-state index is -0.383. The Morgan fingerprint density at radius 2 is 1.90 bits per heavy atom. The zero-order valence-electron chi connectivity index (χ0n) is 11.6. The van der Waals surface area contributed by atoms with Crippen molar-refractivity contribution >= 4 is 6.09 Å². The van der Waals surface area contributed by atoms with E-state index >= 15 is 0 Å². The Kier molecular flexibility index (Phi) is 8.66. The fourth-order valence-corrected chi connectivity index (χ4v) is 1.61. The molecule has 1 aromatic carbocycles. The molecule has 1 rings (SSSR count). The monoisotopic (exact) mass is 275 g/mol. The predicted molar refractivity (Wildman–Crippen MR) is 77.0 cm³/mol. The molecule has 0 fully saturated rings. The molecule has 0 bridgehead atoms. The normalized spacial score (nSPS) is 9.75. The number of carbonyl (C=O) groups excluding carboxylic acids is 1. The highest BCUT2D eigenvalue weighted by Crippen LogP contribution is 2.00. The van der Waals surface area contributed by atoms with E-state index in [1.54, 1.807) is 0 Å². The average Bonchev–Trinajstić information content (AvgIpc) is 2.49. The van der Waals surface area contributed by atoms with Gasteiger partial charge in [-0.05, 0) is 24.9 Å². The number of benzene rings is 1. The van der Waals surface area contributed by atoms with Gasteiger partial charge in [-0.25, -0.2) is 4.79 Å². The molecule has 0 saturated carbocycles. The van der Waals surface area contributed by atoms with Gasteiger partial charge in [0.15, 0.2) is 0 Å². The fraction of sp³-hybridized carbons (Fsp3) is 0.467. The first-order chi connectivity index (χ1) is 9.83. The molecule has 0 atom stereocenters. The Morgan fingerprint density at radius 1 is 1.15 bits per heavy atom. The van der Waals surface area contributed by atoms with Gasteiger partial charge in [0.2, 0.25) is 0 Å². The van der Waals surface area contributed by atoms with Crippen LogP contribution in [0.2, 0.25) is 0 Å². The summed E-state index contributed by atoms with van der Waals surface area (Å²) < 4.78 is 5.09. The Morgan fingerprint density at radius 3 is 2.65 bits per heavy atom. The minimum absolute atomic E-state index is 0.294. The highest BCUT2D eigenvalue weighted by Gasteiger charge is 2.01. The number of unbranched alkanes of at least 4 members (excludes halogenated alkanes) is 1. The van der Waals surface area contributed by atoms with Gasteiger partial charge < -0.3 is 15.4 Å². The molecule has 1 amide bonds. The lowest BCUT2D eigenvalue weighted by molar-refractivity contribution is 0.139. The molecule has 0 radical (unpaired) electrons. The third-order valence-electron chi connectivity index (χ3n) is 2.68. The van der Waals surface area contributed by atoms with Gasteiger partial charge >= 0.3 is 6.09 Å². The van der Waals surface area contributed by atoms with Crippen LogP contribution < -0.4 is 10.6 Å². The lowest BCUT2D eigenvalue weighted by Gasteiger charge is -2.07. The smallest absolute Gasteiger partial charge is 0.407 e. The maximum Gasteiger partial charge on any atom is 0.407 e. The van der Waals surface area contributed by atoms with Crippen molar-refractivity contribution in [2.24, 2.45) is 0 Å². The summed E-state index contributed by atoms with van der Waals surface area (Å²) >= 11 is 0. The van der Waals surface area contributed by atoms with Crippen LogP contribution in [0.4, 0.5) is 4.79 Å². The van der Waals surface area contributed by atoms with E-state index in [0.717, 1.165) is 31.5 Å². The van der Waals surface area contributed by atoms with Crippen LogP contribution in [0.5, 0.6) is 0 Å². The zero-order chi connectivity index (χ0) is 14.5. The van der Waals surface area contributed by atoms with Crippen molar-refractivity contribution in [1.82, 2.24) is 10.6 Å². The van der Waals surface area contributed by atoms with Crippen LogP contribution in [0, 0.1) is 11.3 Å². The van der Waals surface area contributed by atoms with Crippen LogP contribution in [-0.2, 0) is 11.3 Å².